The van der Waals surface area contributed by atoms with Gasteiger partial charge in [0.1, 0.15) is 0 Å². The number of hydrogen-bond donors (Lipinski definition) is 0. The lowest BCUT2D eigenvalue weighted by molar-refractivity contribution is -0.380. The molecule has 0 aliphatic rings. The highest BCUT2D eigenvalue weighted by Gasteiger charge is 2.19. The van der Waals surface area contributed by atoms with Crippen LogP contribution < -0.4 is 0 Å². The third kappa shape index (κ3) is 3.54. The second-order valence-electron chi connectivity index (χ2n) is 2.14. The smallest absolute Gasteiger partial charge is 0.259 e. The van der Waals surface area contributed by atoms with Crippen molar-refractivity contribution in [2.75, 3.05) is 12.5 Å². The molecule has 0 N–H and O–H groups in total. The molecule has 0 aliphatic carbocycles. The van der Waals surface area contributed by atoms with E-state index in [-0.39, 0.29) is 10.2 Å². The van der Waals surface area contributed by atoms with E-state index in [4.69, 9.17) is 0 Å². The summed E-state index contributed by atoms with van der Waals surface area (Å²) in [7, 11) is 0. The Balaban J connectivity index is 2.65. The SMILES string of the molecule is CSN(SC)C(=O)Sc1n[c]c([N+](=O)[O-])s1. The Morgan fingerprint density at radius 2 is 2.19 bits per heavy atom. The van der Waals surface area contributed by atoms with Crippen molar-refractivity contribution in [2.24, 2.45) is 0 Å². The van der Waals surface area contributed by atoms with Crippen LogP contribution >= 0.6 is 47.0 Å². The van der Waals surface area contributed by atoms with Gasteiger partial charge in [-0.15, -0.1) is 0 Å². The molecule has 0 bridgehead atoms. The molecule has 0 aromatic carbocycles. The molecular formula is C6H6N3O3S4. The number of carbonyl (C=O) groups is 1. The second kappa shape index (κ2) is 6.33. The summed E-state index contributed by atoms with van der Waals surface area (Å²) in [6, 6.07) is 0. The summed E-state index contributed by atoms with van der Waals surface area (Å²) < 4.78 is 1.78. The minimum Gasteiger partial charge on any atom is -0.259 e. The van der Waals surface area contributed by atoms with E-state index in [0.717, 1.165) is 23.1 Å². The zero-order chi connectivity index (χ0) is 12.1. The number of carbonyl (C=O) groups excluding carboxylic acids is 1. The van der Waals surface area contributed by atoms with Crippen molar-refractivity contribution in [3.63, 3.8) is 0 Å². The van der Waals surface area contributed by atoms with E-state index >= 15 is 0 Å². The molecule has 16 heavy (non-hydrogen) atoms. The molecule has 1 radical (unpaired) electrons. The van der Waals surface area contributed by atoms with Crippen molar-refractivity contribution in [3.05, 3.63) is 16.3 Å². The largest absolute Gasteiger partial charge is 0.354 e. The maximum atomic E-state index is 11.6. The molecule has 6 nitrogen and oxygen atoms in total. The van der Waals surface area contributed by atoms with Crippen LogP contribution in [0.3, 0.4) is 0 Å². The van der Waals surface area contributed by atoms with Gasteiger partial charge in [-0.2, -0.15) is 0 Å². The molecule has 0 unspecified atom stereocenters. The lowest BCUT2D eigenvalue weighted by Crippen LogP contribution is -2.09. The van der Waals surface area contributed by atoms with Crippen LogP contribution in [0.1, 0.15) is 0 Å². The van der Waals surface area contributed by atoms with Gasteiger partial charge >= 0.3 is 10.2 Å². The van der Waals surface area contributed by atoms with Crippen LogP contribution in [0, 0.1) is 16.3 Å². The van der Waals surface area contributed by atoms with Crippen LogP contribution in [0.2, 0.25) is 0 Å². The Kier molecular flexibility index (Phi) is 5.38. The van der Waals surface area contributed by atoms with Gasteiger partial charge in [-0.05, 0) is 35.2 Å². The predicted octanol–water partition coefficient (Wildman–Crippen LogP) is 2.92. The van der Waals surface area contributed by atoms with Gasteiger partial charge in [0.05, 0.1) is 4.92 Å². The minimum absolute atomic E-state index is 0.185. The van der Waals surface area contributed by atoms with Crippen LogP contribution in [0.25, 0.3) is 0 Å². The number of hydrogen-bond acceptors (Lipinski definition) is 8. The van der Waals surface area contributed by atoms with Crippen molar-refractivity contribution in [2.45, 2.75) is 4.34 Å². The Morgan fingerprint density at radius 3 is 2.62 bits per heavy atom. The van der Waals surface area contributed by atoms with Crippen LogP contribution in [0.5, 0.6) is 0 Å². The van der Waals surface area contributed by atoms with E-state index in [0.29, 0.717) is 4.34 Å². The molecule has 0 atom stereocenters. The Morgan fingerprint density at radius 1 is 1.56 bits per heavy atom. The lowest BCUT2D eigenvalue weighted by atomic mass is 10.9. The zero-order valence-electron chi connectivity index (χ0n) is 8.20. The number of thiazole rings is 1. The minimum atomic E-state index is -0.576. The van der Waals surface area contributed by atoms with Gasteiger partial charge in [0.2, 0.25) is 0 Å². The first kappa shape index (κ1) is 13.6. The number of nitrogens with zero attached hydrogens (tertiary/aromatic N) is 3. The fourth-order valence-electron chi connectivity index (χ4n) is 0.679. The average Bonchev–Trinajstić information content (AvgIpc) is 2.68. The Labute approximate surface area is 109 Å². The molecular weight excluding hydrogens is 290 g/mol. The Hall–Kier alpha value is -0.450. The van der Waals surface area contributed by atoms with Crippen molar-refractivity contribution < 1.29 is 9.72 Å². The van der Waals surface area contributed by atoms with Gasteiger partial charge in [0.15, 0.2) is 10.5 Å². The fourth-order valence-corrected chi connectivity index (χ4v) is 3.60. The molecule has 1 heterocycles. The first-order valence-electron chi connectivity index (χ1n) is 3.71. The Bertz CT molecular complexity index is 392. The molecule has 0 saturated carbocycles. The molecule has 1 amide bonds. The molecule has 0 spiro atoms. The van der Waals surface area contributed by atoms with E-state index in [1.807, 2.05) is 0 Å². The molecule has 0 saturated heterocycles. The van der Waals surface area contributed by atoms with Gasteiger partial charge in [-0.1, -0.05) is 0 Å². The summed E-state index contributed by atoms with van der Waals surface area (Å²) in [5, 5.41) is 9.97. The molecule has 87 valence electrons. The highest BCUT2D eigenvalue weighted by molar-refractivity contribution is 8.20. The summed E-state index contributed by atoms with van der Waals surface area (Å²) in [4.78, 5) is 25.1. The summed E-state index contributed by atoms with van der Waals surface area (Å²) >= 11 is 4.23. The quantitative estimate of drug-likeness (QED) is 0.366. The van der Waals surface area contributed by atoms with E-state index < -0.39 is 4.92 Å². The van der Waals surface area contributed by atoms with E-state index in [1.165, 1.54) is 27.6 Å². The molecule has 1 aromatic heterocycles. The van der Waals surface area contributed by atoms with Gasteiger partial charge in [0, 0.05) is 24.3 Å². The number of amides is 1. The van der Waals surface area contributed by atoms with Gasteiger partial charge in [-0.25, -0.2) is 8.69 Å². The number of nitro groups is 1. The molecule has 0 aliphatic heterocycles. The van der Waals surface area contributed by atoms with Crippen LogP contribution in [-0.2, 0) is 0 Å². The van der Waals surface area contributed by atoms with Crippen LogP contribution in [-0.4, -0.2) is 31.4 Å². The molecule has 10 heteroatoms. The number of rotatable bonds is 4. The molecule has 1 aromatic rings. The normalized spacial score (nSPS) is 10.1. The summed E-state index contributed by atoms with van der Waals surface area (Å²) in [6.07, 6.45) is 5.79. The van der Waals surface area contributed by atoms with Crippen molar-refractivity contribution in [1.29, 1.82) is 0 Å². The van der Waals surface area contributed by atoms with Crippen molar-refractivity contribution in [1.82, 2.24) is 8.69 Å². The van der Waals surface area contributed by atoms with E-state index in [1.54, 1.807) is 12.5 Å². The maximum Gasteiger partial charge on any atom is 0.354 e. The average molecular weight is 296 g/mol. The predicted molar refractivity (Wildman–Crippen MR) is 67.7 cm³/mol. The van der Waals surface area contributed by atoms with Crippen LogP contribution in [0.15, 0.2) is 4.34 Å². The summed E-state index contributed by atoms with van der Waals surface area (Å²) in [6.45, 7) is 0. The standard InChI is InChI=1S/C6H6N3O3S4/c1-13-9(14-2)6(10)16-5-7-3-4(15-5)8(11)12/h1-2H3. The monoisotopic (exact) mass is 296 g/mol. The first-order chi connectivity index (χ1) is 7.58. The first-order valence-corrected chi connectivity index (χ1v) is 7.71. The highest BCUT2D eigenvalue weighted by Crippen LogP contribution is 2.33. The highest BCUT2D eigenvalue weighted by atomic mass is 32.2. The van der Waals surface area contributed by atoms with Gasteiger partial charge in [-0.3, -0.25) is 14.9 Å². The van der Waals surface area contributed by atoms with Crippen molar-refractivity contribution >= 4 is 57.2 Å². The third-order valence-electron chi connectivity index (χ3n) is 1.25. The second-order valence-corrected chi connectivity index (χ2v) is 6.01. The van der Waals surface area contributed by atoms with Crippen molar-refractivity contribution in [3.8, 4) is 0 Å². The van der Waals surface area contributed by atoms with Gasteiger partial charge in [0.25, 0.3) is 0 Å². The molecule has 0 fully saturated rings. The number of thioether (sulfide) groups is 1. The maximum absolute atomic E-state index is 11.6. The lowest BCUT2D eigenvalue weighted by Gasteiger charge is -2.12. The molecule has 1 rings (SSSR count). The van der Waals surface area contributed by atoms with Crippen LogP contribution in [0.4, 0.5) is 9.80 Å². The summed E-state index contributed by atoms with van der Waals surface area (Å²) in [5.41, 5.74) is 0. The summed E-state index contributed by atoms with van der Waals surface area (Å²) in [5.74, 6) is 0. The van der Waals surface area contributed by atoms with E-state index in [2.05, 4.69) is 11.2 Å². The number of aromatic nitrogens is 1. The topological polar surface area (TPSA) is 76.3 Å². The fraction of sp³-hybridized carbons (Fsp3) is 0.333. The van der Waals surface area contributed by atoms with E-state index in [9.17, 15) is 14.9 Å². The van der Waals surface area contributed by atoms with Gasteiger partial charge < -0.3 is 0 Å². The zero-order valence-corrected chi connectivity index (χ0v) is 11.5. The third-order valence-corrected chi connectivity index (χ3v) is 5.19.